The van der Waals surface area contributed by atoms with Crippen LogP contribution < -0.4 is 11.1 Å². The maximum absolute atomic E-state index is 11.8. The molecule has 0 spiro atoms. The molecule has 1 aliphatic rings. The van der Waals surface area contributed by atoms with Crippen molar-refractivity contribution in [1.29, 1.82) is 0 Å². The number of hydrogen-bond donors (Lipinski definition) is 2. The fourth-order valence-corrected chi connectivity index (χ4v) is 2.03. The second kappa shape index (κ2) is 5.06. The van der Waals surface area contributed by atoms with Gasteiger partial charge in [0.2, 0.25) is 5.91 Å². The highest BCUT2D eigenvalue weighted by Gasteiger charge is 2.45. The molecule has 1 saturated carbocycles. The zero-order valence-corrected chi connectivity index (χ0v) is 11.0. The van der Waals surface area contributed by atoms with E-state index in [-0.39, 0.29) is 17.2 Å². The SMILES string of the molecule is CC(C)C(N)C(=O)NCC1(c2ccccn2)CC1. The Bertz CT molecular complexity index is 412. The smallest absolute Gasteiger partial charge is 0.237 e. The molecule has 0 radical (unpaired) electrons. The number of carbonyl (C=O) groups is 1. The summed E-state index contributed by atoms with van der Waals surface area (Å²) in [5.74, 6) is 0.0993. The lowest BCUT2D eigenvalue weighted by Gasteiger charge is -2.19. The van der Waals surface area contributed by atoms with Gasteiger partial charge in [-0.2, -0.15) is 0 Å². The van der Waals surface area contributed by atoms with E-state index in [4.69, 9.17) is 5.73 Å². The molecular formula is C14H21N3O. The van der Waals surface area contributed by atoms with E-state index in [0.717, 1.165) is 18.5 Å². The van der Waals surface area contributed by atoms with E-state index >= 15 is 0 Å². The van der Waals surface area contributed by atoms with Gasteiger partial charge in [-0.05, 0) is 30.9 Å². The van der Waals surface area contributed by atoms with Gasteiger partial charge in [-0.15, -0.1) is 0 Å². The van der Waals surface area contributed by atoms with E-state index in [1.807, 2.05) is 32.0 Å². The molecule has 0 aliphatic heterocycles. The maximum Gasteiger partial charge on any atom is 0.237 e. The Labute approximate surface area is 108 Å². The van der Waals surface area contributed by atoms with Crippen molar-refractivity contribution in [2.45, 2.75) is 38.1 Å². The van der Waals surface area contributed by atoms with Crippen LogP contribution in [0, 0.1) is 5.92 Å². The highest BCUT2D eigenvalue weighted by Crippen LogP contribution is 2.46. The van der Waals surface area contributed by atoms with E-state index in [2.05, 4.69) is 10.3 Å². The number of aromatic nitrogens is 1. The lowest BCUT2D eigenvalue weighted by molar-refractivity contribution is -0.123. The topological polar surface area (TPSA) is 68.0 Å². The third-order valence-electron chi connectivity index (χ3n) is 3.68. The predicted molar refractivity (Wildman–Crippen MR) is 71.0 cm³/mol. The molecule has 0 aromatic carbocycles. The van der Waals surface area contributed by atoms with Crippen LogP contribution >= 0.6 is 0 Å². The Kier molecular flexibility index (Phi) is 3.66. The van der Waals surface area contributed by atoms with Gasteiger partial charge in [-0.1, -0.05) is 19.9 Å². The minimum atomic E-state index is -0.426. The largest absolute Gasteiger partial charge is 0.354 e. The van der Waals surface area contributed by atoms with Crippen LogP contribution in [0.1, 0.15) is 32.4 Å². The summed E-state index contributed by atoms with van der Waals surface area (Å²) in [5, 5.41) is 2.96. The molecule has 1 atom stereocenters. The number of hydrogen-bond acceptors (Lipinski definition) is 3. The van der Waals surface area contributed by atoms with Crippen LogP contribution in [-0.4, -0.2) is 23.5 Å². The average Bonchev–Trinajstić information content (AvgIpc) is 3.17. The first-order valence-electron chi connectivity index (χ1n) is 6.50. The molecule has 98 valence electrons. The van der Waals surface area contributed by atoms with E-state index < -0.39 is 6.04 Å². The van der Waals surface area contributed by atoms with Crippen molar-refractivity contribution in [3.05, 3.63) is 30.1 Å². The first-order valence-corrected chi connectivity index (χ1v) is 6.50. The molecule has 1 heterocycles. The molecule has 0 bridgehead atoms. The number of nitrogens with one attached hydrogen (secondary N) is 1. The van der Waals surface area contributed by atoms with Crippen LogP contribution in [-0.2, 0) is 10.2 Å². The normalized spacial score (nSPS) is 18.4. The molecule has 4 nitrogen and oxygen atoms in total. The highest BCUT2D eigenvalue weighted by molar-refractivity contribution is 5.81. The summed E-state index contributed by atoms with van der Waals surface area (Å²) in [7, 11) is 0. The molecule has 3 N–H and O–H groups in total. The van der Waals surface area contributed by atoms with Crippen molar-refractivity contribution in [3.63, 3.8) is 0 Å². The predicted octanol–water partition coefficient (Wildman–Crippen LogP) is 1.21. The molecule has 1 amide bonds. The molecule has 4 heteroatoms. The first kappa shape index (κ1) is 13.0. The summed E-state index contributed by atoms with van der Waals surface area (Å²) >= 11 is 0. The summed E-state index contributed by atoms with van der Waals surface area (Å²) in [4.78, 5) is 16.2. The minimum Gasteiger partial charge on any atom is -0.354 e. The van der Waals surface area contributed by atoms with E-state index in [1.54, 1.807) is 6.20 Å². The summed E-state index contributed by atoms with van der Waals surface area (Å²) < 4.78 is 0. The van der Waals surface area contributed by atoms with E-state index in [0.29, 0.717) is 6.54 Å². The van der Waals surface area contributed by atoms with Gasteiger partial charge in [0.15, 0.2) is 0 Å². The molecular weight excluding hydrogens is 226 g/mol. The van der Waals surface area contributed by atoms with Crippen LogP contribution in [0.25, 0.3) is 0 Å². The third kappa shape index (κ3) is 2.70. The van der Waals surface area contributed by atoms with Crippen LogP contribution in [0.2, 0.25) is 0 Å². The Morgan fingerprint density at radius 1 is 1.50 bits per heavy atom. The number of pyridine rings is 1. The zero-order chi connectivity index (χ0) is 13.2. The zero-order valence-electron chi connectivity index (χ0n) is 11.0. The number of nitrogens with two attached hydrogens (primary N) is 1. The summed E-state index contributed by atoms with van der Waals surface area (Å²) in [6, 6.07) is 5.50. The quantitative estimate of drug-likeness (QED) is 0.822. The van der Waals surface area contributed by atoms with Crippen molar-refractivity contribution < 1.29 is 4.79 Å². The van der Waals surface area contributed by atoms with Crippen molar-refractivity contribution in [2.75, 3.05) is 6.54 Å². The van der Waals surface area contributed by atoms with Gasteiger partial charge in [0.25, 0.3) is 0 Å². The Morgan fingerprint density at radius 3 is 2.72 bits per heavy atom. The molecule has 1 fully saturated rings. The number of carbonyl (C=O) groups excluding carboxylic acids is 1. The fourth-order valence-electron chi connectivity index (χ4n) is 2.03. The Hall–Kier alpha value is -1.42. The van der Waals surface area contributed by atoms with E-state index in [9.17, 15) is 4.79 Å². The summed E-state index contributed by atoms with van der Waals surface area (Å²) in [5.41, 5.74) is 6.94. The standard InChI is InChI=1S/C14H21N3O/c1-10(2)12(15)13(18)17-9-14(6-7-14)11-5-3-4-8-16-11/h3-5,8,10,12H,6-7,9,15H2,1-2H3,(H,17,18). The van der Waals surface area contributed by atoms with Crippen LogP contribution in [0.15, 0.2) is 24.4 Å². The molecule has 1 aromatic rings. The molecule has 1 aliphatic carbocycles. The van der Waals surface area contributed by atoms with Crippen molar-refractivity contribution in [2.24, 2.45) is 11.7 Å². The Balaban J connectivity index is 1.93. The second-order valence-electron chi connectivity index (χ2n) is 5.48. The molecule has 1 aromatic heterocycles. The van der Waals surface area contributed by atoms with Gasteiger partial charge in [0, 0.05) is 23.9 Å². The number of amides is 1. The highest BCUT2D eigenvalue weighted by atomic mass is 16.2. The number of rotatable bonds is 5. The molecule has 2 rings (SSSR count). The summed E-state index contributed by atoms with van der Waals surface area (Å²) in [6.07, 6.45) is 3.97. The van der Waals surface area contributed by atoms with Crippen molar-refractivity contribution in [3.8, 4) is 0 Å². The van der Waals surface area contributed by atoms with Crippen molar-refractivity contribution >= 4 is 5.91 Å². The first-order chi connectivity index (χ1) is 8.55. The second-order valence-corrected chi connectivity index (χ2v) is 5.48. The van der Waals surface area contributed by atoms with Crippen LogP contribution in [0.3, 0.4) is 0 Å². The molecule has 0 saturated heterocycles. The molecule has 1 unspecified atom stereocenters. The Morgan fingerprint density at radius 2 is 2.22 bits per heavy atom. The van der Waals surface area contributed by atoms with E-state index in [1.165, 1.54) is 0 Å². The summed E-state index contributed by atoms with van der Waals surface area (Å²) in [6.45, 7) is 4.55. The van der Waals surface area contributed by atoms with Gasteiger partial charge >= 0.3 is 0 Å². The lowest BCUT2D eigenvalue weighted by atomic mass is 10.0. The minimum absolute atomic E-state index is 0.0492. The molecule has 18 heavy (non-hydrogen) atoms. The average molecular weight is 247 g/mol. The monoisotopic (exact) mass is 247 g/mol. The van der Waals surface area contributed by atoms with Gasteiger partial charge in [-0.25, -0.2) is 0 Å². The van der Waals surface area contributed by atoms with Gasteiger partial charge in [0.05, 0.1) is 6.04 Å². The van der Waals surface area contributed by atoms with Gasteiger partial charge in [0.1, 0.15) is 0 Å². The fraction of sp³-hybridized carbons (Fsp3) is 0.571. The van der Waals surface area contributed by atoms with Crippen molar-refractivity contribution in [1.82, 2.24) is 10.3 Å². The van der Waals surface area contributed by atoms with Crippen LogP contribution in [0.4, 0.5) is 0 Å². The number of nitrogens with zero attached hydrogens (tertiary/aromatic N) is 1. The van der Waals surface area contributed by atoms with Gasteiger partial charge < -0.3 is 11.1 Å². The van der Waals surface area contributed by atoms with Crippen LogP contribution in [0.5, 0.6) is 0 Å². The maximum atomic E-state index is 11.8. The van der Waals surface area contributed by atoms with Gasteiger partial charge in [-0.3, -0.25) is 9.78 Å². The third-order valence-corrected chi connectivity index (χ3v) is 3.68. The lowest BCUT2D eigenvalue weighted by Crippen LogP contribution is -2.46.